The standard InChI is InChI=1S/C20H23N3O3/c1-2-26-19(24)16-8-10-18(11-9-16)22-12-14-23(15-13-22)20(25)21-17-6-4-3-5-7-17/h3-11H,2,12-15H2,1H3,(H,21,25). The van der Waals surface area contributed by atoms with Crippen LogP contribution in [-0.4, -0.2) is 49.7 Å². The molecule has 6 heteroatoms. The summed E-state index contributed by atoms with van der Waals surface area (Å²) >= 11 is 0. The number of benzene rings is 2. The Balaban J connectivity index is 1.53. The van der Waals surface area contributed by atoms with Crippen molar-refractivity contribution in [1.29, 1.82) is 0 Å². The molecule has 2 amide bonds. The van der Waals surface area contributed by atoms with Crippen LogP contribution in [0.3, 0.4) is 0 Å². The van der Waals surface area contributed by atoms with Crippen LogP contribution >= 0.6 is 0 Å². The molecule has 26 heavy (non-hydrogen) atoms. The largest absolute Gasteiger partial charge is 0.462 e. The van der Waals surface area contributed by atoms with Crippen molar-refractivity contribution in [3.05, 3.63) is 60.2 Å². The Morgan fingerprint density at radius 3 is 2.23 bits per heavy atom. The number of amides is 2. The van der Waals surface area contributed by atoms with Gasteiger partial charge in [0.1, 0.15) is 0 Å². The Hall–Kier alpha value is -3.02. The number of anilines is 2. The maximum Gasteiger partial charge on any atom is 0.338 e. The molecule has 0 spiro atoms. The molecule has 0 radical (unpaired) electrons. The first-order valence-corrected chi connectivity index (χ1v) is 8.80. The molecule has 1 saturated heterocycles. The maximum absolute atomic E-state index is 12.3. The van der Waals surface area contributed by atoms with Crippen molar-refractivity contribution in [1.82, 2.24) is 4.90 Å². The predicted molar refractivity (Wildman–Crippen MR) is 102 cm³/mol. The molecule has 0 atom stereocenters. The van der Waals surface area contributed by atoms with Gasteiger partial charge < -0.3 is 19.9 Å². The summed E-state index contributed by atoms with van der Waals surface area (Å²) in [6.45, 7) is 4.96. The molecule has 1 aliphatic heterocycles. The van der Waals surface area contributed by atoms with Gasteiger partial charge in [-0.1, -0.05) is 18.2 Å². The minimum Gasteiger partial charge on any atom is -0.462 e. The van der Waals surface area contributed by atoms with Gasteiger partial charge in [-0.05, 0) is 43.3 Å². The molecule has 1 fully saturated rings. The third-order valence-corrected chi connectivity index (χ3v) is 4.34. The number of esters is 1. The van der Waals surface area contributed by atoms with Crippen molar-refractivity contribution >= 4 is 23.4 Å². The molecule has 0 saturated carbocycles. The number of hydrogen-bond acceptors (Lipinski definition) is 4. The average Bonchev–Trinajstić information content (AvgIpc) is 2.69. The fourth-order valence-corrected chi connectivity index (χ4v) is 2.91. The molecule has 136 valence electrons. The molecular weight excluding hydrogens is 330 g/mol. The van der Waals surface area contributed by atoms with E-state index in [4.69, 9.17) is 4.74 Å². The third kappa shape index (κ3) is 4.33. The van der Waals surface area contributed by atoms with E-state index in [-0.39, 0.29) is 12.0 Å². The lowest BCUT2D eigenvalue weighted by molar-refractivity contribution is 0.0526. The molecule has 1 aliphatic rings. The summed E-state index contributed by atoms with van der Waals surface area (Å²) in [5, 5.41) is 2.92. The third-order valence-electron chi connectivity index (χ3n) is 4.34. The second-order valence-corrected chi connectivity index (χ2v) is 6.04. The highest BCUT2D eigenvalue weighted by molar-refractivity contribution is 5.90. The highest BCUT2D eigenvalue weighted by atomic mass is 16.5. The van der Waals surface area contributed by atoms with Crippen LogP contribution in [0.2, 0.25) is 0 Å². The number of para-hydroxylation sites is 1. The van der Waals surface area contributed by atoms with Gasteiger partial charge in [0.25, 0.3) is 0 Å². The van der Waals surface area contributed by atoms with E-state index in [0.717, 1.165) is 24.5 Å². The molecule has 6 nitrogen and oxygen atoms in total. The van der Waals surface area contributed by atoms with E-state index in [1.165, 1.54) is 0 Å². The summed E-state index contributed by atoms with van der Waals surface area (Å²) in [7, 11) is 0. The van der Waals surface area contributed by atoms with Crippen molar-refractivity contribution in [2.75, 3.05) is 43.0 Å². The van der Waals surface area contributed by atoms with Crippen LogP contribution in [-0.2, 0) is 4.74 Å². The molecule has 2 aromatic rings. The lowest BCUT2D eigenvalue weighted by Gasteiger charge is -2.36. The zero-order chi connectivity index (χ0) is 18.4. The fourth-order valence-electron chi connectivity index (χ4n) is 2.91. The summed E-state index contributed by atoms with van der Waals surface area (Å²) in [5.41, 5.74) is 2.40. The second-order valence-electron chi connectivity index (χ2n) is 6.04. The molecule has 0 unspecified atom stereocenters. The van der Waals surface area contributed by atoms with Gasteiger partial charge in [0.2, 0.25) is 0 Å². The minimum absolute atomic E-state index is 0.0755. The molecule has 0 aromatic heterocycles. The van der Waals surface area contributed by atoms with Crippen LogP contribution in [0, 0.1) is 0 Å². The van der Waals surface area contributed by atoms with E-state index < -0.39 is 0 Å². The van der Waals surface area contributed by atoms with Crippen LogP contribution in [0.5, 0.6) is 0 Å². The van der Waals surface area contributed by atoms with Crippen molar-refractivity contribution in [2.45, 2.75) is 6.92 Å². The molecule has 0 bridgehead atoms. The lowest BCUT2D eigenvalue weighted by atomic mass is 10.2. The van der Waals surface area contributed by atoms with Crippen LogP contribution in [0.4, 0.5) is 16.2 Å². The number of hydrogen-bond donors (Lipinski definition) is 1. The summed E-state index contributed by atoms with van der Waals surface area (Å²) in [4.78, 5) is 28.1. The Morgan fingerprint density at radius 2 is 1.62 bits per heavy atom. The fraction of sp³-hybridized carbons (Fsp3) is 0.300. The summed E-state index contributed by atoms with van der Waals surface area (Å²) in [6, 6.07) is 16.8. The first-order valence-electron chi connectivity index (χ1n) is 8.80. The first-order chi connectivity index (χ1) is 12.7. The van der Waals surface area contributed by atoms with Crippen molar-refractivity contribution in [3.8, 4) is 0 Å². The van der Waals surface area contributed by atoms with E-state index in [2.05, 4.69) is 10.2 Å². The predicted octanol–water partition coefficient (Wildman–Crippen LogP) is 3.22. The molecule has 3 rings (SSSR count). The second kappa shape index (κ2) is 8.38. The van der Waals surface area contributed by atoms with Gasteiger partial charge in [-0.15, -0.1) is 0 Å². The highest BCUT2D eigenvalue weighted by Gasteiger charge is 2.21. The maximum atomic E-state index is 12.3. The smallest absolute Gasteiger partial charge is 0.338 e. The Bertz CT molecular complexity index is 739. The molecule has 0 aliphatic carbocycles. The lowest BCUT2D eigenvalue weighted by Crippen LogP contribution is -2.50. The van der Waals surface area contributed by atoms with Crippen molar-refractivity contribution < 1.29 is 14.3 Å². The van der Waals surface area contributed by atoms with E-state index in [1.54, 1.807) is 19.1 Å². The number of carbonyl (C=O) groups is 2. The summed E-state index contributed by atoms with van der Waals surface area (Å²) < 4.78 is 5.00. The number of carbonyl (C=O) groups excluding carboxylic acids is 2. The summed E-state index contributed by atoms with van der Waals surface area (Å²) in [5.74, 6) is -0.304. The van der Waals surface area contributed by atoms with E-state index in [0.29, 0.717) is 25.3 Å². The van der Waals surface area contributed by atoms with E-state index in [1.807, 2.05) is 47.4 Å². The van der Waals surface area contributed by atoms with Gasteiger partial charge >= 0.3 is 12.0 Å². The van der Waals surface area contributed by atoms with Crippen LogP contribution in [0.1, 0.15) is 17.3 Å². The van der Waals surface area contributed by atoms with Gasteiger partial charge in [0.15, 0.2) is 0 Å². The summed E-state index contributed by atoms with van der Waals surface area (Å²) in [6.07, 6.45) is 0. The highest BCUT2D eigenvalue weighted by Crippen LogP contribution is 2.18. The van der Waals surface area contributed by atoms with Crippen LogP contribution in [0.25, 0.3) is 0 Å². The Morgan fingerprint density at radius 1 is 0.962 bits per heavy atom. The normalized spacial score (nSPS) is 14.0. The van der Waals surface area contributed by atoms with Gasteiger partial charge in [-0.2, -0.15) is 0 Å². The zero-order valence-electron chi connectivity index (χ0n) is 14.9. The Labute approximate surface area is 153 Å². The number of nitrogens with one attached hydrogen (secondary N) is 1. The van der Waals surface area contributed by atoms with Gasteiger partial charge in [-0.25, -0.2) is 9.59 Å². The number of ether oxygens (including phenoxy) is 1. The average molecular weight is 353 g/mol. The monoisotopic (exact) mass is 353 g/mol. The minimum atomic E-state index is -0.304. The van der Waals surface area contributed by atoms with E-state index in [9.17, 15) is 9.59 Å². The van der Waals surface area contributed by atoms with Gasteiger partial charge in [-0.3, -0.25) is 0 Å². The van der Waals surface area contributed by atoms with Crippen molar-refractivity contribution in [3.63, 3.8) is 0 Å². The molecule has 1 N–H and O–H groups in total. The van der Waals surface area contributed by atoms with Gasteiger partial charge in [0, 0.05) is 37.6 Å². The number of nitrogens with zero attached hydrogens (tertiary/aromatic N) is 2. The molecule has 2 aromatic carbocycles. The van der Waals surface area contributed by atoms with Crippen LogP contribution < -0.4 is 10.2 Å². The number of urea groups is 1. The SMILES string of the molecule is CCOC(=O)c1ccc(N2CCN(C(=O)Nc3ccccc3)CC2)cc1. The van der Waals surface area contributed by atoms with Gasteiger partial charge in [0.05, 0.1) is 12.2 Å². The number of piperazine rings is 1. The molecule has 1 heterocycles. The quantitative estimate of drug-likeness (QED) is 0.858. The topological polar surface area (TPSA) is 61.9 Å². The van der Waals surface area contributed by atoms with Crippen molar-refractivity contribution in [2.24, 2.45) is 0 Å². The number of rotatable bonds is 4. The zero-order valence-corrected chi connectivity index (χ0v) is 14.9. The van der Waals surface area contributed by atoms with E-state index >= 15 is 0 Å². The first kappa shape index (κ1) is 17.8. The Kier molecular flexibility index (Phi) is 5.73. The van der Waals surface area contributed by atoms with Crippen LogP contribution in [0.15, 0.2) is 54.6 Å². The molecular formula is C20H23N3O3.